The molecule has 0 radical (unpaired) electrons. The molecule has 3 aromatic carbocycles. The molecule has 1 atom stereocenters. The molecular weight excluding hydrogens is 394 g/mol. The van der Waals surface area contributed by atoms with Crippen LogP contribution in [-0.4, -0.2) is 32.9 Å². The van der Waals surface area contributed by atoms with Crippen molar-refractivity contribution in [2.45, 2.75) is 17.7 Å². The van der Waals surface area contributed by atoms with Gasteiger partial charge < -0.3 is 4.74 Å². The largest absolute Gasteiger partial charge is 0.497 e. The Kier molecular flexibility index (Phi) is 4.53. The number of aryl methyl sites for hydroxylation is 1. The van der Waals surface area contributed by atoms with Crippen LogP contribution in [0, 0.1) is 6.92 Å². The molecule has 30 heavy (non-hydrogen) atoms. The fourth-order valence-electron chi connectivity index (χ4n) is 4.56. The summed E-state index contributed by atoms with van der Waals surface area (Å²) < 4.78 is 33.5. The third-order valence-corrected chi connectivity index (χ3v) is 7.93. The molecule has 0 saturated carbocycles. The Labute approximate surface area is 177 Å². The fraction of sp³-hybridized carbons (Fsp3) is 0.200. The van der Waals surface area contributed by atoms with Crippen molar-refractivity contribution in [2.75, 3.05) is 20.2 Å². The quantitative estimate of drug-likeness (QED) is 0.623. The molecule has 1 aliphatic heterocycles. The van der Waals surface area contributed by atoms with Gasteiger partial charge in [0.15, 0.2) is 0 Å². The number of hydrogen-bond donors (Lipinski definition) is 0. The molecule has 152 valence electrons. The zero-order valence-electron chi connectivity index (χ0n) is 17.0. The lowest BCUT2D eigenvalue weighted by Gasteiger charge is -2.22. The molecule has 5 heteroatoms. The van der Waals surface area contributed by atoms with Crippen molar-refractivity contribution in [3.63, 3.8) is 0 Å². The molecule has 2 aliphatic rings. The van der Waals surface area contributed by atoms with Crippen LogP contribution in [0.25, 0.3) is 5.57 Å². The molecule has 0 saturated heterocycles. The molecular formula is C25H23NO3S. The average Bonchev–Trinajstić information content (AvgIpc) is 3.32. The van der Waals surface area contributed by atoms with Crippen molar-refractivity contribution < 1.29 is 13.2 Å². The third kappa shape index (κ3) is 2.97. The van der Waals surface area contributed by atoms with Gasteiger partial charge in [-0.2, -0.15) is 4.31 Å². The summed E-state index contributed by atoms with van der Waals surface area (Å²) in [5, 5.41) is 0. The van der Waals surface area contributed by atoms with Crippen LogP contribution in [0.3, 0.4) is 0 Å². The zero-order chi connectivity index (χ0) is 20.9. The summed E-state index contributed by atoms with van der Waals surface area (Å²) >= 11 is 0. The van der Waals surface area contributed by atoms with Gasteiger partial charge in [-0.05, 0) is 59.0 Å². The number of hydrogen-bond acceptors (Lipinski definition) is 3. The highest BCUT2D eigenvalue weighted by Gasteiger charge is 2.41. The maximum Gasteiger partial charge on any atom is 0.243 e. The van der Waals surface area contributed by atoms with Crippen LogP contribution in [0.4, 0.5) is 0 Å². The van der Waals surface area contributed by atoms with E-state index in [0.29, 0.717) is 18.0 Å². The highest BCUT2D eigenvalue weighted by Crippen LogP contribution is 2.49. The monoisotopic (exact) mass is 417 g/mol. The lowest BCUT2D eigenvalue weighted by molar-refractivity contribution is 0.414. The first-order valence-corrected chi connectivity index (χ1v) is 11.4. The highest BCUT2D eigenvalue weighted by atomic mass is 32.2. The molecule has 1 aliphatic carbocycles. The Bertz CT molecular complexity index is 1240. The minimum Gasteiger partial charge on any atom is -0.497 e. The van der Waals surface area contributed by atoms with Crippen molar-refractivity contribution in [3.8, 4) is 5.75 Å². The summed E-state index contributed by atoms with van der Waals surface area (Å²) in [6.07, 6.45) is 0. The number of methoxy groups -OCH3 is 1. The summed E-state index contributed by atoms with van der Waals surface area (Å²) in [5.74, 6) is 0.884. The van der Waals surface area contributed by atoms with Crippen molar-refractivity contribution in [2.24, 2.45) is 0 Å². The van der Waals surface area contributed by atoms with Crippen LogP contribution in [0.1, 0.15) is 28.2 Å². The number of sulfonamides is 1. The predicted octanol–water partition coefficient (Wildman–Crippen LogP) is 4.61. The number of ether oxygens (including phenoxy) is 1. The minimum atomic E-state index is -3.54. The van der Waals surface area contributed by atoms with Gasteiger partial charge in [-0.25, -0.2) is 8.42 Å². The van der Waals surface area contributed by atoms with Crippen LogP contribution in [-0.2, 0) is 10.0 Å². The standard InChI is InChI=1S/C25H23NO3S/c1-17-7-13-20(14-8-17)30(27,28)26-15-23-21-5-3-4-6-22(21)25(24(23)16-26)18-9-11-19(29-2)12-10-18/h3-14,25H,15-16H2,1-2H3/t25-/m1/s1. The van der Waals surface area contributed by atoms with E-state index in [2.05, 4.69) is 30.3 Å². The maximum absolute atomic E-state index is 13.3. The van der Waals surface area contributed by atoms with E-state index in [1.165, 1.54) is 11.1 Å². The van der Waals surface area contributed by atoms with Crippen molar-refractivity contribution in [1.29, 1.82) is 0 Å². The first-order valence-electron chi connectivity index (χ1n) is 10.0. The van der Waals surface area contributed by atoms with Gasteiger partial charge >= 0.3 is 0 Å². The summed E-state index contributed by atoms with van der Waals surface area (Å²) in [7, 11) is -1.89. The SMILES string of the molecule is COc1ccc([C@H]2C3=C(CN(S(=O)(=O)c4ccc(C)cc4)C3)c3ccccc32)cc1. The molecule has 1 heterocycles. The average molecular weight is 418 g/mol. The van der Waals surface area contributed by atoms with Gasteiger partial charge in [0.2, 0.25) is 10.0 Å². The topological polar surface area (TPSA) is 46.6 Å². The van der Waals surface area contributed by atoms with Crippen LogP contribution >= 0.6 is 0 Å². The molecule has 3 aromatic rings. The number of rotatable bonds is 4. The maximum atomic E-state index is 13.3. The Morgan fingerprint density at radius 3 is 2.30 bits per heavy atom. The van der Waals surface area contributed by atoms with Gasteiger partial charge in [-0.1, -0.05) is 54.1 Å². The summed E-state index contributed by atoms with van der Waals surface area (Å²) in [6.45, 7) is 2.78. The van der Waals surface area contributed by atoms with Gasteiger partial charge in [-0.15, -0.1) is 0 Å². The summed E-state index contributed by atoms with van der Waals surface area (Å²) in [6, 6.07) is 23.5. The van der Waals surface area contributed by atoms with Gasteiger partial charge in [0, 0.05) is 19.0 Å². The van der Waals surface area contributed by atoms with E-state index in [1.54, 1.807) is 23.5 Å². The van der Waals surface area contributed by atoms with E-state index >= 15 is 0 Å². The first-order chi connectivity index (χ1) is 14.5. The second-order valence-corrected chi connectivity index (χ2v) is 9.82. The second kappa shape index (κ2) is 7.11. The second-order valence-electron chi connectivity index (χ2n) is 7.88. The summed E-state index contributed by atoms with van der Waals surface area (Å²) in [4.78, 5) is 0.351. The number of fused-ring (bicyclic) bond motifs is 2. The van der Waals surface area contributed by atoms with Crippen molar-refractivity contribution in [3.05, 3.63) is 101 Å². The molecule has 0 fully saturated rings. The predicted molar refractivity (Wildman–Crippen MR) is 118 cm³/mol. The van der Waals surface area contributed by atoms with Gasteiger partial charge in [-0.3, -0.25) is 0 Å². The molecule has 0 bridgehead atoms. The zero-order valence-corrected chi connectivity index (χ0v) is 17.8. The number of benzene rings is 3. The van der Waals surface area contributed by atoms with E-state index < -0.39 is 10.0 Å². The lowest BCUT2D eigenvalue weighted by atomic mass is 9.88. The van der Waals surface area contributed by atoms with E-state index in [1.807, 2.05) is 37.3 Å². The molecule has 0 spiro atoms. The van der Waals surface area contributed by atoms with Crippen LogP contribution < -0.4 is 4.74 Å². The van der Waals surface area contributed by atoms with E-state index in [9.17, 15) is 8.42 Å². The Hall–Kier alpha value is -2.89. The van der Waals surface area contributed by atoms with Crippen LogP contribution in [0.15, 0.2) is 83.3 Å². The molecule has 4 nitrogen and oxygen atoms in total. The Morgan fingerprint density at radius 2 is 1.60 bits per heavy atom. The van der Waals surface area contributed by atoms with E-state index in [-0.39, 0.29) is 5.92 Å². The summed E-state index contributed by atoms with van der Waals surface area (Å²) in [5.41, 5.74) is 6.93. The minimum absolute atomic E-state index is 0.0697. The highest BCUT2D eigenvalue weighted by molar-refractivity contribution is 7.89. The molecule has 0 aromatic heterocycles. The van der Waals surface area contributed by atoms with Gasteiger partial charge in [0.1, 0.15) is 5.75 Å². The van der Waals surface area contributed by atoms with Crippen molar-refractivity contribution >= 4 is 15.6 Å². The molecule has 0 N–H and O–H groups in total. The van der Waals surface area contributed by atoms with Crippen LogP contribution in [0.5, 0.6) is 5.75 Å². The molecule has 0 amide bonds. The Balaban J connectivity index is 1.53. The smallest absolute Gasteiger partial charge is 0.243 e. The van der Waals surface area contributed by atoms with Gasteiger partial charge in [0.05, 0.1) is 12.0 Å². The van der Waals surface area contributed by atoms with E-state index in [0.717, 1.165) is 28.0 Å². The molecule has 0 unspecified atom stereocenters. The first kappa shape index (κ1) is 19.1. The Morgan fingerprint density at radius 1 is 0.900 bits per heavy atom. The number of nitrogens with zero attached hydrogens (tertiary/aromatic N) is 1. The lowest BCUT2D eigenvalue weighted by Crippen LogP contribution is -2.30. The van der Waals surface area contributed by atoms with Crippen molar-refractivity contribution in [1.82, 2.24) is 4.31 Å². The third-order valence-electron chi connectivity index (χ3n) is 6.12. The fourth-order valence-corrected chi connectivity index (χ4v) is 5.95. The van der Waals surface area contributed by atoms with Crippen LogP contribution in [0.2, 0.25) is 0 Å². The van der Waals surface area contributed by atoms with E-state index in [4.69, 9.17) is 4.74 Å². The molecule has 5 rings (SSSR count). The normalized spacial score (nSPS) is 18.4. The van der Waals surface area contributed by atoms with Gasteiger partial charge in [0.25, 0.3) is 0 Å².